The molecular weight excluding hydrogens is 573 g/mol. The Morgan fingerprint density at radius 1 is 0.977 bits per heavy atom. The molecule has 43 heavy (non-hydrogen) atoms. The monoisotopic (exact) mass is 608 g/mol. The van der Waals surface area contributed by atoms with E-state index in [2.05, 4.69) is 83.1 Å². The fourth-order valence-electron chi connectivity index (χ4n) is 5.20. The van der Waals surface area contributed by atoms with Gasteiger partial charge < -0.3 is 9.64 Å². The van der Waals surface area contributed by atoms with Crippen molar-refractivity contribution in [3.05, 3.63) is 89.7 Å². The smallest absolute Gasteiger partial charge is 0.406 e. The lowest BCUT2D eigenvalue weighted by atomic mass is 9.85. The van der Waals surface area contributed by atoms with Crippen molar-refractivity contribution in [2.24, 2.45) is 10.4 Å². The van der Waals surface area contributed by atoms with E-state index < -0.39 is 6.36 Å². The second kappa shape index (κ2) is 12.8. The number of anilines is 1. The van der Waals surface area contributed by atoms with Crippen molar-refractivity contribution in [1.29, 1.82) is 0 Å². The minimum atomic E-state index is -4.73. The number of benzene rings is 3. The first kappa shape index (κ1) is 30.6. The average molecular weight is 609 g/mol. The molecule has 1 aromatic heterocycles. The number of hydrogen-bond acceptors (Lipinski definition) is 6. The molecule has 4 aromatic rings. The quantitative estimate of drug-likeness (QED) is 0.193. The van der Waals surface area contributed by atoms with Gasteiger partial charge in [0.05, 0.1) is 12.4 Å². The lowest BCUT2D eigenvalue weighted by molar-refractivity contribution is -0.274. The van der Waals surface area contributed by atoms with Gasteiger partial charge >= 0.3 is 6.36 Å². The lowest BCUT2D eigenvalue weighted by Crippen LogP contribution is -2.32. The summed E-state index contributed by atoms with van der Waals surface area (Å²) in [5.74, 6) is 1.28. The van der Waals surface area contributed by atoms with Crippen LogP contribution >= 0.6 is 11.8 Å². The van der Waals surface area contributed by atoms with E-state index in [1.807, 2.05) is 12.1 Å². The van der Waals surface area contributed by atoms with Gasteiger partial charge in [-0.05, 0) is 66.6 Å². The maximum Gasteiger partial charge on any atom is 0.573 e. The van der Waals surface area contributed by atoms with Crippen LogP contribution in [0, 0.1) is 19.3 Å². The number of nitrogens with one attached hydrogen (secondary N) is 1. The van der Waals surface area contributed by atoms with Gasteiger partial charge in [-0.25, -0.2) is 14.7 Å². The van der Waals surface area contributed by atoms with Crippen molar-refractivity contribution in [1.82, 2.24) is 20.1 Å². The second-order valence-corrected chi connectivity index (χ2v) is 12.4. The molecule has 226 valence electrons. The van der Waals surface area contributed by atoms with Crippen molar-refractivity contribution < 1.29 is 17.9 Å². The minimum absolute atomic E-state index is 0.0125. The Morgan fingerprint density at radius 3 is 2.35 bits per heavy atom. The molecule has 0 atom stereocenters. The van der Waals surface area contributed by atoms with Crippen molar-refractivity contribution in [3.8, 4) is 22.8 Å². The van der Waals surface area contributed by atoms with E-state index in [-0.39, 0.29) is 11.2 Å². The van der Waals surface area contributed by atoms with E-state index in [0.29, 0.717) is 18.2 Å². The van der Waals surface area contributed by atoms with Crippen molar-refractivity contribution in [2.45, 2.75) is 40.5 Å². The fourth-order valence-corrected chi connectivity index (χ4v) is 6.15. The zero-order valence-electron chi connectivity index (χ0n) is 24.7. The van der Waals surface area contributed by atoms with Crippen molar-refractivity contribution >= 4 is 22.6 Å². The van der Waals surface area contributed by atoms with E-state index >= 15 is 0 Å². The minimum Gasteiger partial charge on any atom is -0.406 e. The molecule has 0 aliphatic carbocycles. The van der Waals surface area contributed by atoms with Gasteiger partial charge in [0.15, 0.2) is 11.0 Å². The van der Waals surface area contributed by atoms with Gasteiger partial charge in [-0.15, -0.1) is 18.3 Å². The molecule has 1 fully saturated rings. The van der Waals surface area contributed by atoms with Crippen LogP contribution in [0.2, 0.25) is 0 Å². The van der Waals surface area contributed by atoms with Crippen LogP contribution in [-0.4, -0.2) is 51.8 Å². The summed E-state index contributed by atoms with van der Waals surface area (Å²) in [6.07, 6.45) is -2.31. The largest absolute Gasteiger partial charge is 0.573 e. The van der Waals surface area contributed by atoms with Crippen LogP contribution in [0.15, 0.2) is 78.0 Å². The number of aliphatic imine (C=N–C) groups is 1. The third-order valence-corrected chi connectivity index (χ3v) is 8.13. The van der Waals surface area contributed by atoms with Gasteiger partial charge in [-0.3, -0.25) is 5.32 Å². The third kappa shape index (κ3) is 7.97. The maximum atomic E-state index is 12.4. The van der Waals surface area contributed by atoms with Gasteiger partial charge in [-0.2, -0.15) is 0 Å². The van der Waals surface area contributed by atoms with Gasteiger partial charge in [0.25, 0.3) is 0 Å². The molecule has 0 bridgehead atoms. The Hall–Kier alpha value is -3.83. The molecular formula is C32H35F3N6OS. The van der Waals surface area contributed by atoms with Crippen LogP contribution in [0.1, 0.15) is 30.5 Å². The molecule has 1 aliphatic rings. The summed E-state index contributed by atoms with van der Waals surface area (Å²) < 4.78 is 42.7. The number of hydrogen-bond donors (Lipinski definition) is 1. The third-order valence-electron chi connectivity index (χ3n) is 7.14. The first-order valence-corrected chi connectivity index (χ1v) is 15.0. The average Bonchev–Trinajstić information content (AvgIpc) is 3.61. The molecule has 11 heteroatoms. The summed E-state index contributed by atoms with van der Waals surface area (Å²) in [5.41, 5.74) is 6.46. The Morgan fingerprint density at radius 2 is 1.67 bits per heavy atom. The molecule has 0 amide bonds. The highest BCUT2D eigenvalue weighted by Gasteiger charge is 2.31. The summed E-state index contributed by atoms with van der Waals surface area (Å²) in [6, 6.07) is 20.0. The van der Waals surface area contributed by atoms with Crippen molar-refractivity contribution in [3.63, 3.8) is 0 Å². The second-order valence-electron chi connectivity index (χ2n) is 11.4. The molecule has 2 heterocycles. The summed E-state index contributed by atoms with van der Waals surface area (Å²) in [6.45, 7) is 11.1. The van der Waals surface area contributed by atoms with E-state index in [9.17, 15) is 13.2 Å². The molecule has 5 rings (SSSR count). The fraction of sp³-hybridized carbons (Fsp3) is 0.344. The topological polar surface area (TPSA) is 67.6 Å². The molecule has 7 nitrogen and oxygen atoms in total. The highest BCUT2D eigenvalue weighted by molar-refractivity contribution is 8.14. The Bertz CT molecular complexity index is 1550. The van der Waals surface area contributed by atoms with Crippen LogP contribution in [-0.2, 0) is 6.42 Å². The van der Waals surface area contributed by atoms with Crippen LogP contribution < -0.4 is 15.0 Å². The van der Waals surface area contributed by atoms with Crippen LogP contribution in [0.5, 0.6) is 5.75 Å². The number of nitrogens with zero attached hydrogens (tertiary/aromatic N) is 5. The molecule has 0 saturated carbocycles. The number of amidine groups is 1. The van der Waals surface area contributed by atoms with Gasteiger partial charge in [0.2, 0.25) is 0 Å². The van der Waals surface area contributed by atoms with E-state index in [0.717, 1.165) is 36.0 Å². The maximum absolute atomic E-state index is 12.4. The molecule has 1 saturated heterocycles. The number of aryl methyl sites for hydroxylation is 2. The first-order valence-electron chi connectivity index (χ1n) is 14.1. The number of para-hydroxylation sites is 1. The Kier molecular flexibility index (Phi) is 9.12. The van der Waals surface area contributed by atoms with Gasteiger partial charge in [0.1, 0.15) is 12.1 Å². The number of halogens is 3. The Labute approximate surface area is 254 Å². The highest BCUT2D eigenvalue weighted by atomic mass is 32.2. The standard InChI is InChI=1S/C32H35F3N6OS/c1-22-6-5-7-23(2)28(22)40-16-17-43-30(40)37-20-36-19-31(3,4)18-24-8-10-25(11-9-24)29-38-21-41(39-29)26-12-14-27(15-13-26)42-32(33,34)35/h5-15,21,36H,16-20H2,1-4H3/b37-30-. The van der Waals surface area contributed by atoms with Crippen LogP contribution in [0.25, 0.3) is 17.1 Å². The molecule has 1 aliphatic heterocycles. The number of ether oxygens (including phenoxy) is 1. The highest BCUT2D eigenvalue weighted by Crippen LogP contribution is 2.31. The lowest BCUT2D eigenvalue weighted by Gasteiger charge is -2.25. The number of alkyl halides is 3. The predicted octanol–water partition coefficient (Wildman–Crippen LogP) is 7.17. The Balaban J connectivity index is 1.14. The van der Waals surface area contributed by atoms with Gasteiger partial charge in [-0.1, -0.05) is 68.1 Å². The molecule has 0 spiro atoms. The summed E-state index contributed by atoms with van der Waals surface area (Å²) in [7, 11) is 0. The zero-order valence-corrected chi connectivity index (χ0v) is 25.5. The SMILES string of the molecule is Cc1cccc(C)c1N1CCS/C1=N\CNCC(C)(C)Cc1ccc(-c2ncn(-c3ccc(OC(F)(F)F)cc3)n2)cc1. The summed E-state index contributed by atoms with van der Waals surface area (Å²) >= 11 is 1.81. The molecule has 3 aromatic carbocycles. The van der Waals surface area contributed by atoms with Crippen LogP contribution in [0.4, 0.5) is 18.9 Å². The van der Waals surface area contributed by atoms with Crippen LogP contribution in [0.3, 0.4) is 0 Å². The van der Waals surface area contributed by atoms with E-state index in [4.69, 9.17) is 4.99 Å². The van der Waals surface area contributed by atoms with E-state index in [1.54, 1.807) is 11.8 Å². The first-order chi connectivity index (χ1) is 20.5. The number of rotatable bonds is 10. The molecule has 1 N–H and O–H groups in total. The zero-order chi connectivity index (χ0) is 30.6. The number of aromatic nitrogens is 3. The molecule has 0 radical (unpaired) electrons. The normalized spacial score (nSPS) is 15.0. The van der Waals surface area contributed by atoms with Gasteiger partial charge in [0, 0.05) is 30.1 Å². The number of thioether (sulfide) groups is 1. The van der Waals surface area contributed by atoms with Crippen molar-refractivity contribution in [2.75, 3.05) is 30.4 Å². The summed E-state index contributed by atoms with van der Waals surface area (Å²) in [5, 5.41) is 9.09. The molecule has 0 unspecified atom stereocenters. The predicted molar refractivity (Wildman–Crippen MR) is 167 cm³/mol. The summed E-state index contributed by atoms with van der Waals surface area (Å²) in [4.78, 5) is 11.6. The van der Waals surface area contributed by atoms with E-state index in [1.165, 1.54) is 57.7 Å².